The highest BCUT2D eigenvalue weighted by Gasteiger charge is 2.28. The number of fused-ring (bicyclic) bond motifs is 2. The fraction of sp³-hybridized carbons (Fsp3) is 0.346. The SMILES string of the molecule is [2H]C([2H])([2H])Oc1cc2c(C(=O)N3CCC(F)CC3)cn(-c3ccc4c(cc(C)n4C)c3F)c(=O)c2nc1OC([2H])([2H])[2H]. The second-order valence-corrected chi connectivity index (χ2v) is 8.75. The number of carbonyl (C=O) groups is 1. The first-order chi connectivity index (χ1) is 19.5. The van der Waals surface area contributed by atoms with Crippen molar-refractivity contribution in [3.05, 3.63) is 57.9 Å². The minimum atomic E-state index is -3.11. The molecule has 5 rings (SSSR count). The van der Waals surface area contributed by atoms with E-state index in [4.69, 9.17) is 17.7 Å². The summed E-state index contributed by atoms with van der Waals surface area (Å²) < 4.78 is 87.0. The van der Waals surface area contributed by atoms with Crippen LogP contribution in [0.2, 0.25) is 0 Å². The summed E-state index contributed by atoms with van der Waals surface area (Å²) in [6, 6.07) is 5.55. The summed E-state index contributed by atoms with van der Waals surface area (Å²) >= 11 is 0. The normalized spacial score (nSPS) is 17.7. The predicted molar refractivity (Wildman–Crippen MR) is 132 cm³/mol. The first-order valence-electron chi connectivity index (χ1n) is 14.2. The Kier molecular flexibility index (Phi) is 4.33. The maximum absolute atomic E-state index is 15.9. The van der Waals surface area contributed by atoms with Gasteiger partial charge in [-0.3, -0.25) is 14.2 Å². The molecule has 1 aromatic carbocycles. The lowest BCUT2D eigenvalue weighted by molar-refractivity contribution is 0.0668. The van der Waals surface area contributed by atoms with Crippen LogP contribution in [-0.2, 0) is 7.05 Å². The summed E-state index contributed by atoms with van der Waals surface area (Å²) in [6.07, 6.45) is 0.198. The standard InChI is InChI=1S/C26H26F2N4O4/c1-14-11-17-19(30(14)2)5-6-20(22(17)28)32-13-18(25(33)31-9-7-15(27)8-10-31)16-12-21(35-3)24(36-4)29-23(16)26(32)34/h5-6,11-13,15H,7-10H2,1-4H3/i3D3,4D3. The maximum Gasteiger partial charge on any atom is 0.281 e. The van der Waals surface area contributed by atoms with Crippen molar-refractivity contribution in [2.45, 2.75) is 25.9 Å². The summed E-state index contributed by atoms with van der Waals surface area (Å²) in [5.74, 6) is -2.89. The molecule has 0 radical (unpaired) electrons. The highest BCUT2D eigenvalue weighted by Crippen LogP contribution is 2.32. The minimum Gasteiger partial charge on any atom is -0.491 e. The lowest BCUT2D eigenvalue weighted by atomic mass is 10.1. The molecule has 1 fully saturated rings. The van der Waals surface area contributed by atoms with E-state index < -0.39 is 54.7 Å². The fourth-order valence-electron chi connectivity index (χ4n) is 4.62. The largest absolute Gasteiger partial charge is 0.491 e. The number of piperidine rings is 1. The number of amides is 1. The van der Waals surface area contributed by atoms with Gasteiger partial charge in [0.05, 0.1) is 39.1 Å². The Bertz CT molecular complexity index is 1780. The van der Waals surface area contributed by atoms with Crippen molar-refractivity contribution in [1.29, 1.82) is 0 Å². The van der Waals surface area contributed by atoms with E-state index in [9.17, 15) is 14.0 Å². The monoisotopic (exact) mass is 502 g/mol. The van der Waals surface area contributed by atoms with Crippen LogP contribution >= 0.6 is 0 Å². The Morgan fingerprint density at radius 1 is 1.17 bits per heavy atom. The van der Waals surface area contributed by atoms with Gasteiger partial charge in [-0.15, -0.1) is 0 Å². The van der Waals surface area contributed by atoms with Crippen molar-refractivity contribution in [3.8, 4) is 17.3 Å². The van der Waals surface area contributed by atoms with E-state index >= 15 is 4.39 Å². The van der Waals surface area contributed by atoms with E-state index in [1.165, 1.54) is 11.0 Å². The molecule has 188 valence electrons. The van der Waals surface area contributed by atoms with E-state index in [-0.39, 0.29) is 48.0 Å². The van der Waals surface area contributed by atoms with E-state index in [1.807, 2.05) is 0 Å². The first kappa shape index (κ1) is 17.5. The molecule has 4 heterocycles. The smallest absolute Gasteiger partial charge is 0.281 e. The van der Waals surface area contributed by atoms with Crippen LogP contribution in [0.4, 0.5) is 8.78 Å². The van der Waals surface area contributed by atoms with E-state index in [2.05, 4.69) is 4.98 Å². The Balaban J connectivity index is 1.81. The zero-order valence-corrected chi connectivity index (χ0v) is 19.5. The number of likely N-dealkylation sites (tertiary alicyclic amines) is 1. The molecule has 1 saturated heterocycles. The van der Waals surface area contributed by atoms with Gasteiger partial charge < -0.3 is 18.9 Å². The molecular formula is C26H26F2N4O4. The third kappa shape index (κ3) is 3.68. The van der Waals surface area contributed by atoms with Gasteiger partial charge in [0.15, 0.2) is 11.6 Å². The van der Waals surface area contributed by atoms with Crippen LogP contribution in [0.5, 0.6) is 11.6 Å². The molecule has 3 aromatic heterocycles. The molecule has 10 heteroatoms. The van der Waals surface area contributed by atoms with Crippen LogP contribution in [0.1, 0.15) is 37.1 Å². The second kappa shape index (κ2) is 8.92. The molecule has 0 bridgehead atoms. The van der Waals surface area contributed by atoms with Gasteiger partial charge >= 0.3 is 0 Å². The third-order valence-corrected chi connectivity index (χ3v) is 6.71. The molecule has 0 spiro atoms. The van der Waals surface area contributed by atoms with Crippen LogP contribution in [0.25, 0.3) is 27.5 Å². The van der Waals surface area contributed by atoms with E-state index in [1.54, 1.807) is 30.7 Å². The molecule has 0 N–H and O–H groups in total. The van der Waals surface area contributed by atoms with Gasteiger partial charge in [-0.1, -0.05) is 0 Å². The number of pyridine rings is 2. The molecule has 4 aromatic rings. The van der Waals surface area contributed by atoms with Crippen molar-refractivity contribution in [1.82, 2.24) is 19.0 Å². The Morgan fingerprint density at radius 2 is 1.92 bits per heavy atom. The fourth-order valence-corrected chi connectivity index (χ4v) is 4.62. The average Bonchev–Trinajstić information content (AvgIpc) is 3.18. The number of halogens is 2. The summed E-state index contributed by atoms with van der Waals surface area (Å²) in [4.78, 5) is 32.9. The summed E-state index contributed by atoms with van der Waals surface area (Å²) in [5.41, 5.74) is -0.513. The van der Waals surface area contributed by atoms with Crippen LogP contribution in [0.3, 0.4) is 0 Å². The van der Waals surface area contributed by atoms with Gasteiger partial charge in [-0.05, 0) is 44.0 Å². The first-order valence-corrected chi connectivity index (χ1v) is 11.2. The van der Waals surface area contributed by atoms with E-state index in [0.29, 0.717) is 5.52 Å². The molecule has 36 heavy (non-hydrogen) atoms. The van der Waals surface area contributed by atoms with Crippen molar-refractivity contribution < 1.29 is 31.3 Å². The number of aromatic nitrogens is 3. The Hall–Kier alpha value is -3.95. The molecular weight excluding hydrogens is 470 g/mol. The molecule has 0 saturated carbocycles. The van der Waals surface area contributed by atoms with Gasteiger partial charge in [0.1, 0.15) is 11.7 Å². The lowest BCUT2D eigenvalue weighted by Gasteiger charge is -2.29. The van der Waals surface area contributed by atoms with E-state index in [0.717, 1.165) is 22.5 Å². The summed E-state index contributed by atoms with van der Waals surface area (Å²) in [7, 11) is -4.43. The molecule has 0 atom stereocenters. The molecule has 1 aliphatic rings. The van der Waals surface area contributed by atoms with Gasteiger partial charge in [0.25, 0.3) is 17.3 Å². The second-order valence-electron chi connectivity index (χ2n) is 8.75. The lowest BCUT2D eigenvalue weighted by Crippen LogP contribution is -2.39. The Labute approximate surface area is 214 Å². The Morgan fingerprint density at radius 3 is 2.64 bits per heavy atom. The number of methoxy groups -OCH3 is 2. The third-order valence-electron chi connectivity index (χ3n) is 6.71. The number of carbonyl (C=O) groups excluding carboxylic acids is 1. The van der Waals surface area contributed by atoms with Gasteiger partial charge in [0, 0.05) is 42.8 Å². The maximum atomic E-state index is 15.9. The van der Waals surface area contributed by atoms with Crippen LogP contribution in [-0.4, -0.2) is 58.3 Å². The number of rotatable bonds is 4. The number of benzene rings is 1. The molecule has 0 unspecified atom stereocenters. The topological polar surface area (TPSA) is 78.6 Å². The number of hydrogen-bond acceptors (Lipinski definition) is 5. The zero-order chi connectivity index (χ0) is 30.7. The summed E-state index contributed by atoms with van der Waals surface area (Å²) in [5, 5.41) is 0.0380. The van der Waals surface area contributed by atoms with Crippen LogP contribution in [0.15, 0.2) is 35.3 Å². The number of aryl methyl sites for hydroxylation is 2. The predicted octanol–water partition coefficient (Wildman–Crippen LogP) is 3.92. The van der Waals surface area contributed by atoms with Crippen molar-refractivity contribution >= 4 is 27.7 Å². The summed E-state index contributed by atoms with van der Waals surface area (Å²) in [6.45, 7) is 1.92. The number of alkyl halides is 1. The minimum absolute atomic E-state index is 0.0660. The molecule has 0 aliphatic carbocycles. The molecule has 1 aliphatic heterocycles. The average molecular weight is 503 g/mol. The van der Waals surface area contributed by atoms with Gasteiger partial charge in [-0.25, -0.2) is 13.8 Å². The number of nitrogens with zero attached hydrogens (tertiary/aromatic N) is 4. The number of hydrogen-bond donors (Lipinski definition) is 0. The highest BCUT2D eigenvalue weighted by atomic mass is 19.1. The van der Waals surface area contributed by atoms with Crippen LogP contribution < -0.4 is 15.0 Å². The molecule has 1 amide bonds. The van der Waals surface area contributed by atoms with Crippen LogP contribution in [0, 0.1) is 12.7 Å². The zero-order valence-electron chi connectivity index (χ0n) is 25.5. The van der Waals surface area contributed by atoms with Crippen molar-refractivity contribution in [3.63, 3.8) is 0 Å². The van der Waals surface area contributed by atoms with Gasteiger partial charge in [-0.2, -0.15) is 0 Å². The highest BCUT2D eigenvalue weighted by molar-refractivity contribution is 6.06. The van der Waals surface area contributed by atoms with Crippen molar-refractivity contribution in [2.24, 2.45) is 7.05 Å². The quantitative estimate of drug-likeness (QED) is 0.423. The van der Waals surface area contributed by atoms with Gasteiger partial charge in [0.2, 0.25) is 0 Å². The van der Waals surface area contributed by atoms with Crippen molar-refractivity contribution in [2.75, 3.05) is 27.2 Å². The molecule has 8 nitrogen and oxygen atoms in total. The number of ether oxygens (including phenoxy) is 2.